The average Bonchev–Trinajstić information content (AvgIpc) is 3.39. The zero-order chi connectivity index (χ0) is 23.1. The highest BCUT2D eigenvalue weighted by molar-refractivity contribution is 6.51. The number of amides is 1. The van der Waals surface area contributed by atoms with E-state index in [1.54, 1.807) is 55.5 Å². The van der Waals surface area contributed by atoms with Crippen LogP contribution in [0.5, 0.6) is 0 Å². The van der Waals surface area contributed by atoms with Crippen LogP contribution in [0.25, 0.3) is 16.5 Å². The Morgan fingerprint density at radius 1 is 0.970 bits per heavy atom. The summed E-state index contributed by atoms with van der Waals surface area (Å²) in [5.41, 5.74) is 1.23. The quantitative estimate of drug-likeness (QED) is 0.270. The number of ketones is 1. The van der Waals surface area contributed by atoms with Gasteiger partial charge in [-0.2, -0.15) is 5.26 Å². The van der Waals surface area contributed by atoms with Crippen LogP contribution >= 0.6 is 0 Å². The maximum atomic E-state index is 13.2. The van der Waals surface area contributed by atoms with Crippen molar-refractivity contribution in [3.05, 3.63) is 107 Å². The molecule has 0 radical (unpaired) electrons. The zero-order valence-electron chi connectivity index (χ0n) is 17.6. The molecule has 1 aliphatic heterocycles. The second kappa shape index (κ2) is 7.81. The van der Waals surface area contributed by atoms with E-state index in [-0.39, 0.29) is 11.3 Å². The van der Waals surface area contributed by atoms with Crippen LogP contribution in [0.3, 0.4) is 0 Å². The van der Waals surface area contributed by atoms with Gasteiger partial charge in [0, 0.05) is 11.3 Å². The van der Waals surface area contributed by atoms with Crippen molar-refractivity contribution in [3.63, 3.8) is 0 Å². The Hall–Kier alpha value is -4.63. The minimum absolute atomic E-state index is 0.0472. The number of nitriles is 1. The minimum atomic E-state index is -0.946. The number of aliphatic hydroxyl groups is 1. The average molecular weight is 434 g/mol. The fourth-order valence-electron chi connectivity index (χ4n) is 4.16. The predicted molar refractivity (Wildman–Crippen MR) is 123 cm³/mol. The lowest BCUT2D eigenvalue weighted by atomic mass is 9.97. The molecule has 1 aromatic heterocycles. The lowest BCUT2D eigenvalue weighted by Crippen LogP contribution is -2.29. The predicted octanol–water partition coefficient (Wildman–Crippen LogP) is 5.24. The number of carbonyl (C=O) groups is 2. The number of aliphatic hydroxyl groups excluding tert-OH is 1. The molecule has 0 spiro atoms. The first-order chi connectivity index (χ1) is 16.0. The van der Waals surface area contributed by atoms with Gasteiger partial charge in [0.2, 0.25) is 0 Å². The molecular weight excluding hydrogens is 416 g/mol. The van der Waals surface area contributed by atoms with Gasteiger partial charge in [-0.05, 0) is 60.2 Å². The van der Waals surface area contributed by atoms with E-state index in [1.807, 2.05) is 36.4 Å². The van der Waals surface area contributed by atoms with E-state index in [0.717, 1.165) is 10.8 Å². The molecule has 3 aromatic carbocycles. The SMILES string of the molecule is Cc1ccc(C2/C(=C(/O)c3ccc4ccccc4c3)C(=O)C(=O)N2c2ccc(C#N)cc2)o1. The van der Waals surface area contributed by atoms with Gasteiger partial charge in [0.25, 0.3) is 11.7 Å². The number of anilines is 1. The van der Waals surface area contributed by atoms with Crippen molar-refractivity contribution in [3.8, 4) is 6.07 Å². The van der Waals surface area contributed by atoms with Crippen LogP contribution in [0, 0.1) is 18.3 Å². The second-order valence-electron chi connectivity index (χ2n) is 7.84. The van der Waals surface area contributed by atoms with Gasteiger partial charge >= 0.3 is 0 Å². The van der Waals surface area contributed by atoms with Crippen molar-refractivity contribution in [2.45, 2.75) is 13.0 Å². The van der Waals surface area contributed by atoms with Crippen molar-refractivity contribution in [1.82, 2.24) is 0 Å². The first-order valence-corrected chi connectivity index (χ1v) is 10.3. The van der Waals surface area contributed by atoms with Gasteiger partial charge in [-0.15, -0.1) is 0 Å². The van der Waals surface area contributed by atoms with Crippen LogP contribution in [0.2, 0.25) is 0 Å². The monoisotopic (exact) mass is 434 g/mol. The topological polar surface area (TPSA) is 94.5 Å². The van der Waals surface area contributed by atoms with Crippen molar-refractivity contribution in [1.29, 1.82) is 5.26 Å². The smallest absolute Gasteiger partial charge is 0.300 e. The molecule has 0 bridgehead atoms. The molecule has 1 atom stereocenters. The number of rotatable bonds is 3. The molecule has 0 saturated carbocycles. The van der Waals surface area contributed by atoms with Crippen molar-refractivity contribution < 1.29 is 19.1 Å². The lowest BCUT2D eigenvalue weighted by Gasteiger charge is -2.23. The highest BCUT2D eigenvalue weighted by atomic mass is 16.3. The van der Waals surface area contributed by atoms with Crippen LogP contribution in [-0.2, 0) is 9.59 Å². The van der Waals surface area contributed by atoms with Gasteiger partial charge in [0.1, 0.15) is 23.3 Å². The molecule has 1 aliphatic rings. The molecule has 4 aromatic rings. The molecule has 2 heterocycles. The van der Waals surface area contributed by atoms with E-state index in [0.29, 0.717) is 28.3 Å². The number of furan rings is 1. The van der Waals surface area contributed by atoms with E-state index in [4.69, 9.17) is 9.68 Å². The van der Waals surface area contributed by atoms with E-state index in [2.05, 4.69) is 0 Å². The Morgan fingerprint density at radius 3 is 2.36 bits per heavy atom. The third-order valence-electron chi connectivity index (χ3n) is 5.77. The van der Waals surface area contributed by atoms with Gasteiger partial charge in [-0.3, -0.25) is 14.5 Å². The number of hydrogen-bond acceptors (Lipinski definition) is 5. The third-order valence-corrected chi connectivity index (χ3v) is 5.77. The van der Waals surface area contributed by atoms with E-state index in [1.165, 1.54) is 4.90 Å². The van der Waals surface area contributed by atoms with E-state index < -0.39 is 17.7 Å². The first kappa shape index (κ1) is 20.3. The van der Waals surface area contributed by atoms with Crippen LogP contribution in [0.4, 0.5) is 5.69 Å². The first-order valence-electron chi connectivity index (χ1n) is 10.3. The lowest BCUT2D eigenvalue weighted by molar-refractivity contribution is -0.132. The second-order valence-corrected chi connectivity index (χ2v) is 7.84. The van der Waals surface area contributed by atoms with Gasteiger partial charge in [-0.1, -0.05) is 36.4 Å². The number of benzene rings is 3. The summed E-state index contributed by atoms with van der Waals surface area (Å²) in [5.74, 6) is -0.876. The van der Waals surface area contributed by atoms with Crippen molar-refractivity contribution in [2.24, 2.45) is 0 Å². The van der Waals surface area contributed by atoms with Crippen LogP contribution in [0.1, 0.15) is 28.7 Å². The molecule has 5 rings (SSSR count). The maximum absolute atomic E-state index is 13.2. The summed E-state index contributed by atoms with van der Waals surface area (Å²) in [4.78, 5) is 27.6. The molecule has 1 saturated heterocycles. The minimum Gasteiger partial charge on any atom is -0.507 e. The van der Waals surface area contributed by atoms with Crippen LogP contribution < -0.4 is 4.90 Å². The van der Waals surface area contributed by atoms with Gasteiger partial charge < -0.3 is 9.52 Å². The maximum Gasteiger partial charge on any atom is 0.300 e. The number of carbonyl (C=O) groups excluding carboxylic acids is 2. The summed E-state index contributed by atoms with van der Waals surface area (Å²) in [7, 11) is 0. The Kier molecular flexibility index (Phi) is 4.80. The molecule has 0 aliphatic carbocycles. The molecule has 1 fully saturated rings. The largest absolute Gasteiger partial charge is 0.507 e. The highest BCUT2D eigenvalue weighted by Crippen LogP contribution is 2.42. The fourth-order valence-corrected chi connectivity index (χ4v) is 4.16. The Balaban J connectivity index is 1.71. The number of nitrogens with zero attached hydrogens (tertiary/aromatic N) is 2. The fraction of sp³-hybridized carbons (Fsp3) is 0.0741. The summed E-state index contributed by atoms with van der Waals surface area (Å²) in [6.45, 7) is 1.76. The summed E-state index contributed by atoms with van der Waals surface area (Å²) in [5, 5.41) is 22.2. The molecule has 6 nitrogen and oxygen atoms in total. The molecule has 33 heavy (non-hydrogen) atoms. The number of hydrogen-bond donors (Lipinski definition) is 1. The van der Waals surface area contributed by atoms with Crippen LogP contribution in [0.15, 0.2) is 88.9 Å². The van der Waals surface area contributed by atoms with Gasteiger partial charge in [0.15, 0.2) is 0 Å². The van der Waals surface area contributed by atoms with Gasteiger partial charge in [0.05, 0.1) is 17.2 Å². The standard InChI is InChI=1S/C27H18N2O4/c1-16-6-13-22(33-16)24-23(25(30)20-10-9-18-4-2-3-5-19(18)14-20)26(31)27(32)29(24)21-11-7-17(15-28)8-12-21/h2-14,24,30H,1H3/b25-23-. The number of Topliss-reactive ketones (excluding diaryl/α,β-unsaturated/α-hetero) is 1. The third kappa shape index (κ3) is 3.36. The Morgan fingerprint density at radius 2 is 1.70 bits per heavy atom. The number of fused-ring (bicyclic) bond motifs is 1. The molecular formula is C27H18N2O4. The Bertz CT molecular complexity index is 1490. The van der Waals surface area contributed by atoms with E-state index in [9.17, 15) is 14.7 Å². The summed E-state index contributed by atoms with van der Waals surface area (Å²) < 4.78 is 5.80. The normalized spacial score (nSPS) is 17.5. The molecule has 1 amide bonds. The number of aryl methyl sites for hydroxylation is 1. The summed E-state index contributed by atoms with van der Waals surface area (Å²) in [6, 6.07) is 23.9. The molecule has 160 valence electrons. The Labute approximate surface area is 189 Å². The van der Waals surface area contributed by atoms with Crippen molar-refractivity contribution in [2.75, 3.05) is 4.90 Å². The molecule has 1 unspecified atom stereocenters. The highest BCUT2D eigenvalue weighted by Gasteiger charge is 2.48. The van der Waals surface area contributed by atoms with Crippen LogP contribution in [-0.4, -0.2) is 16.8 Å². The molecule has 6 heteroatoms. The summed E-state index contributed by atoms with van der Waals surface area (Å²) in [6.07, 6.45) is 0. The summed E-state index contributed by atoms with van der Waals surface area (Å²) >= 11 is 0. The zero-order valence-corrected chi connectivity index (χ0v) is 17.6. The molecule has 1 N–H and O–H groups in total. The van der Waals surface area contributed by atoms with Gasteiger partial charge in [-0.25, -0.2) is 0 Å². The van der Waals surface area contributed by atoms with Crippen molar-refractivity contribution >= 4 is 33.9 Å². The van der Waals surface area contributed by atoms with E-state index >= 15 is 0 Å².